The Bertz CT molecular complexity index is 1160. The summed E-state index contributed by atoms with van der Waals surface area (Å²) in [6.45, 7) is 11.3. The Labute approximate surface area is 249 Å². The van der Waals surface area contributed by atoms with Crippen LogP contribution in [-0.4, -0.2) is 20.4 Å². The molecule has 0 spiro atoms. The quantitative estimate of drug-likeness (QED) is 0.0769. The molecule has 5 heteroatoms. The van der Waals surface area contributed by atoms with E-state index in [1.54, 1.807) is 0 Å². The number of hydrogen-bond acceptors (Lipinski definition) is 3. The van der Waals surface area contributed by atoms with Crippen LogP contribution in [0.2, 0.25) is 5.04 Å². The van der Waals surface area contributed by atoms with E-state index in [0.717, 1.165) is 24.8 Å². The normalized spacial score (nSPS) is 12.8. The highest BCUT2D eigenvalue weighted by Crippen LogP contribution is 2.38. The molecule has 1 atom stereocenters. The lowest BCUT2D eigenvalue weighted by Gasteiger charge is -2.45. The van der Waals surface area contributed by atoms with Gasteiger partial charge in [0.05, 0.1) is 0 Å². The summed E-state index contributed by atoms with van der Waals surface area (Å²) in [5.74, 6) is -0.168. The van der Waals surface area contributed by atoms with E-state index in [4.69, 9.17) is 9.16 Å². The zero-order valence-electron chi connectivity index (χ0n) is 23.4. The van der Waals surface area contributed by atoms with E-state index in [2.05, 4.69) is 129 Å². The number of halogens is 1. The van der Waals surface area contributed by atoms with Crippen LogP contribution >= 0.6 is 22.6 Å². The van der Waals surface area contributed by atoms with E-state index in [1.807, 2.05) is 22.3 Å². The van der Waals surface area contributed by atoms with Gasteiger partial charge in [0.1, 0.15) is 6.61 Å². The second kappa shape index (κ2) is 15.3. The molecule has 0 aliphatic rings. The van der Waals surface area contributed by atoms with Crippen molar-refractivity contribution in [2.45, 2.75) is 70.6 Å². The largest absolute Gasteiger partial charge is 0.461 e. The number of benzene rings is 3. The van der Waals surface area contributed by atoms with Crippen molar-refractivity contribution in [3.05, 3.63) is 119 Å². The van der Waals surface area contributed by atoms with Crippen LogP contribution in [0.4, 0.5) is 0 Å². The van der Waals surface area contributed by atoms with Crippen LogP contribution in [0.1, 0.15) is 57.6 Å². The molecule has 206 valence electrons. The van der Waals surface area contributed by atoms with Gasteiger partial charge in [-0.3, -0.25) is 4.79 Å². The second-order valence-electron chi connectivity index (χ2n) is 10.8. The molecule has 0 N–H and O–H groups in total. The summed E-state index contributed by atoms with van der Waals surface area (Å²) in [4.78, 5) is 12.2. The fourth-order valence-electron chi connectivity index (χ4n) is 5.11. The highest BCUT2D eigenvalue weighted by atomic mass is 127. The van der Waals surface area contributed by atoms with Crippen LogP contribution in [0, 0.1) is 0 Å². The SMILES string of the molecule is C=CCC(CCc1ccccc1COC(=O)CC/C=C/I)O[Si](c1ccccc1)(c1ccccc1)C(C)(C)C. The Morgan fingerprint density at radius 1 is 0.923 bits per heavy atom. The van der Waals surface area contributed by atoms with Crippen LogP contribution in [0.5, 0.6) is 0 Å². The molecule has 0 aliphatic carbocycles. The second-order valence-corrected chi connectivity index (χ2v) is 15.8. The molecular formula is C34H41IO3Si. The number of esters is 1. The van der Waals surface area contributed by atoms with Crippen molar-refractivity contribution in [3.63, 3.8) is 0 Å². The number of ether oxygens (including phenoxy) is 1. The number of rotatable bonds is 14. The Morgan fingerprint density at radius 2 is 1.49 bits per heavy atom. The average Bonchev–Trinajstić information content (AvgIpc) is 2.94. The Balaban J connectivity index is 1.85. The lowest BCUT2D eigenvalue weighted by Crippen LogP contribution is -2.67. The van der Waals surface area contributed by atoms with E-state index >= 15 is 0 Å². The minimum absolute atomic E-state index is 0.00414. The third-order valence-corrected chi connectivity index (χ3v) is 12.6. The van der Waals surface area contributed by atoms with Crippen molar-refractivity contribution in [3.8, 4) is 0 Å². The lowest BCUT2D eigenvalue weighted by molar-refractivity contribution is -0.144. The highest BCUT2D eigenvalue weighted by molar-refractivity contribution is 14.1. The molecule has 3 nitrogen and oxygen atoms in total. The van der Waals surface area contributed by atoms with Crippen molar-refractivity contribution in [2.75, 3.05) is 0 Å². The molecule has 0 heterocycles. The molecule has 0 aromatic heterocycles. The number of aryl methyl sites for hydroxylation is 1. The molecule has 3 aromatic rings. The minimum Gasteiger partial charge on any atom is -0.461 e. The number of carbonyl (C=O) groups excluding carboxylic acids is 1. The maximum atomic E-state index is 12.2. The summed E-state index contributed by atoms with van der Waals surface area (Å²) in [5, 5.41) is 2.47. The standard InChI is InChI=1S/C34H41IO3Si/c1-5-16-30(25-24-28-17-12-13-18-29(28)27-37-33(36)23-14-15-26-35)38-39(34(2,3)4,31-19-8-6-9-20-31)32-21-10-7-11-22-32/h5-13,15,17-22,26,30H,1,14,16,23-25,27H2,2-4H3/b26-15+. The fraction of sp³-hybridized carbons (Fsp3) is 0.324. The molecule has 1 unspecified atom stereocenters. The van der Waals surface area contributed by atoms with Crippen LogP contribution < -0.4 is 10.4 Å². The number of allylic oxidation sites excluding steroid dienone is 1. The Hall–Kier alpha value is -2.48. The Morgan fingerprint density at radius 3 is 2.03 bits per heavy atom. The van der Waals surface area contributed by atoms with Gasteiger partial charge in [0.15, 0.2) is 0 Å². The Kier molecular flexibility index (Phi) is 12.2. The molecule has 0 fully saturated rings. The smallest absolute Gasteiger partial charge is 0.306 e. The van der Waals surface area contributed by atoms with Gasteiger partial charge in [-0.15, -0.1) is 6.58 Å². The minimum atomic E-state index is -2.67. The number of hydrogen-bond donors (Lipinski definition) is 0. The van der Waals surface area contributed by atoms with E-state index in [-0.39, 0.29) is 17.1 Å². The molecule has 0 radical (unpaired) electrons. The zero-order valence-corrected chi connectivity index (χ0v) is 26.6. The monoisotopic (exact) mass is 652 g/mol. The summed E-state index contributed by atoms with van der Waals surface area (Å²) in [6.07, 6.45) is 7.50. The van der Waals surface area contributed by atoms with Gasteiger partial charge in [-0.1, -0.05) is 140 Å². The van der Waals surface area contributed by atoms with Gasteiger partial charge in [0.25, 0.3) is 8.32 Å². The number of carbonyl (C=O) groups is 1. The van der Waals surface area contributed by atoms with Gasteiger partial charge in [-0.25, -0.2) is 0 Å². The average molecular weight is 653 g/mol. The first-order chi connectivity index (χ1) is 18.8. The third-order valence-electron chi connectivity index (χ3n) is 7.04. The molecule has 0 amide bonds. The summed E-state index contributed by atoms with van der Waals surface area (Å²) in [5.41, 5.74) is 2.25. The van der Waals surface area contributed by atoms with Gasteiger partial charge in [-0.05, 0) is 56.3 Å². The molecule has 39 heavy (non-hydrogen) atoms. The molecule has 3 rings (SSSR count). The summed E-state index contributed by atoms with van der Waals surface area (Å²) < 4.78 is 14.9. The topological polar surface area (TPSA) is 35.5 Å². The van der Waals surface area contributed by atoms with Gasteiger partial charge in [0, 0.05) is 12.5 Å². The van der Waals surface area contributed by atoms with Crippen molar-refractivity contribution >= 4 is 47.3 Å². The van der Waals surface area contributed by atoms with Gasteiger partial charge in [-0.2, -0.15) is 0 Å². The molecule has 3 aromatic carbocycles. The molecule has 0 saturated heterocycles. The van der Waals surface area contributed by atoms with E-state index in [0.29, 0.717) is 19.4 Å². The van der Waals surface area contributed by atoms with Crippen LogP contribution in [0.25, 0.3) is 0 Å². The van der Waals surface area contributed by atoms with Crippen LogP contribution in [0.15, 0.2) is 108 Å². The first kappa shape index (κ1) is 31.0. The van der Waals surface area contributed by atoms with E-state index < -0.39 is 8.32 Å². The molecular weight excluding hydrogens is 611 g/mol. The van der Waals surface area contributed by atoms with Gasteiger partial charge < -0.3 is 9.16 Å². The lowest BCUT2D eigenvalue weighted by atomic mass is 10.0. The van der Waals surface area contributed by atoms with Crippen LogP contribution in [0.3, 0.4) is 0 Å². The summed E-state index contributed by atoms with van der Waals surface area (Å²) in [6, 6.07) is 29.8. The van der Waals surface area contributed by atoms with E-state index in [1.165, 1.54) is 15.9 Å². The highest BCUT2D eigenvalue weighted by Gasteiger charge is 2.51. The molecule has 0 aliphatic heterocycles. The fourth-order valence-corrected chi connectivity index (χ4v) is 10.2. The van der Waals surface area contributed by atoms with Crippen molar-refractivity contribution < 1.29 is 14.0 Å². The maximum absolute atomic E-state index is 12.2. The molecule has 0 saturated carbocycles. The van der Waals surface area contributed by atoms with Crippen LogP contribution in [-0.2, 0) is 27.0 Å². The first-order valence-corrected chi connectivity index (χ1v) is 16.8. The van der Waals surface area contributed by atoms with Crippen molar-refractivity contribution in [1.29, 1.82) is 0 Å². The van der Waals surface area contributed by atoms with Crippen molar-refractivity contribution in [1.82, 2.24) is 0 Å². The van der Waals surface area contributed by atoms with E-state index in [9.17, 15) is 4.79 Å². The first-order valence-electron chi connectivity index (χ1n) is 13.7. The summed E-state index contributed by atoms with van der Waals surface area (Å²) >= 11 is 2.16. The third kappa shape index (κ3) is 8.50. The predicted molar refractivity (Wildman–Crippen MR) is 174 cm³/mol. The maximum Gasteiger partial charge on any atom is 0.306 e. The predicted octanol–water partition coefficient (Wildman–Crippen LogP) is 7.91. The summed E-state index contributed by atoms with van der Waals surface area (Å²) in [7, 11) is -2.67. The van der Waals surface area contributed by atoms with Gasteiger partial charge in [0.2, 0.25) is 0 Å². The van der Waals surface area contributed by atoms with Gasteiger partial charge >= 0.3 is 5.97 Å². The molecule has 0 bridgehead atoms. The zero-order chi connectivity index (χ0) is 28.1. The van der Waals surface area contributed by atoms with Crippen molar-refractivity contribution in [2.24, 2.45) is 0 Å².